The molecule has 0 radical (unpaired) electrons. The van der Waals surface area contributed by atoms with Gasteiger partial charge >= 0.3 is 0 Å². The highest BCUT2D eigenvalue weighted by Gasteiger charge is 2.46. The maximum atomic E-state index is 10.1. The first-order chi connectivity index (χ1) is 8.56. The zero-order valence-electron chi connectivity index (χ0n) is 10.2. The standard InChI is InChI=1S/C10H19Cl2NO5.ClH/c11-1-3-13(4-2-12)7-8(15)6(5-14)18-10(17)9(7)16;/h6-10,14-17H,1-5H2;1H. The van der Waals surface area contributed by atoms with E-state index in [1.807, 2.05) is 0 Å². The first kappa shape index (κ1) is 19.6. The third kappa shape index (κ3) is 4.84. The summed E-state index contributed by atoms with van der Waals surface area (Å²) in [5.74, 6) is 0.598. The van der Waals surface area contributed by atoms with Gasteiger partial charge in [-0.15, -0.1) is 35.6 Å². The molecule has 1 fully saturated rings. The fourth-order valence-electron chi connectivity index (χ4n) is 2.14. The number of rotatable bonds is 6. The molecule has 9 heteroatoms. The van der Waals surface area contributed by atoms with E-state index in [9.17, 15) is 15.3 Å². The number of alkyl halides is 2. The van der Waals surface area contributed by atoms with Crippen molar-refractivity contribution in [3.05, 3.63) is 0 Å². The molecule has 1 aliphatic rings. The normalized spacial score (nSPS) is 35.2. The minimum absolute atomic E-state index is 0. The van der Waals surface area contributed by atoms with E-state index in [1.54, 1.807) is 4.90 Å². The van der Waals surface area contributed by atoms with Gasteiger partial charge in [-0.2, -0.15) is 0 Å². The second-order valence-electron chi connectivity index (χ2n) is 4.13. The minimum atomic E-state index is -1.45. The van der Waals surface area contributed by atoms with Crippen molar-refractivity contribution in [1.29, 1.82) is 0 Å². The van der Waals surface area contributed by atoms with E-state index in [4.69, 9.17) is 33.0 Å². The average Bonchev–Trinajstić information content (AvgIpc) is 2.34. The molecule has 1 saturated heterocycles. The van der Waals surface area contributed by atoms with E-state index in [1.165, 1.54) is 0 Å². The first-order valence-electron chi connectivity index (χ1n) is 5.73. The van der Waals surface area contributed by atoms with Crippen molar-refractivity contribution >= 4 is 35.6 Å². The molecule has 0 amide bonds. The highest BCUT2D eigenvalue weighted by molar-refractivity contribution is 6.18. The van der Waals surface area contributed by atoms with Gasteiger partial charge in [-0.1, -0.05) is 0 Å². The van der Waals surface area contributed by atoms with Crippen LogP contribution in [0.4, 0.5) is 0 Å². The highest BCUT2D eigenvalue weighted by atomic mass is 35.5. The van der Waals surface area contributed by atoms with E-state index in [0.717, 1.165) is 0 Å². The molecule has 0 spiro atoms. The van der Waals surface area contributed by atoms with Crippen molar-refractivity contribution in [3.8, 4) is 0 Å². The largest absolute Gasteiger partial charge is 0.394 e. The number of aliphatic hydroxyl groups is 4. The lowest BCUT2D eigenvalue weighted by Crippen LogP contribution is -2.65. The Morgan fingerprint density at radius 3 is 1.95 bits per heavy atom. The molecule has 4 N–H and O–H groups in total. The fraction of sp³-hybridized carbons (Fsp3) is 1.00. The van der Waals surface area contributed by atoms with E-state index in [-0.39, 0.29) is 12.4 Å². The molecule has 0 bridgehead atoms. The summed E-state index contributed by atoms with van der Waals surface area (Å²) in [4.78, 5) is 1.68. The van der Waals surface area contributed by atoms with Crippen LogP contribution in [0.2, 0.25) is 0 Å². The second-order valence-corrected chi connectivity index (χ2v) is 4.89. The van der Waals surface area contributed by atoms with Crippen molar-refractivity contribution in [2.24, 2.45) is 0 Å². The van der Waals surface area contributed by atoms with Gasteiger partial charge in [0.25, 0.3) is 0 Å². The average molecular weight is 341 g/mol. The summed E-state index contributed by atoms with van der Waals surface area (Å²) in [6.45, 7) is 0.354. The molecule has 0 aromatic carbocycles. The molecular formula is C10H20Cl3NO5. The lowest BCUT2D eigenvalue weighted by Gasteiger charge is -2.45. The zero-order chi connectivity index (χ0) is 13.7. The van der Waals surface area contributed by atoms with E-state index in [2.05, 4.69) is 0 Å². The van der Waals surface area contributed by atoms with Crippen LogP contribution in [-0.4, -0.2) is 87.4 Å². The molecule has 1 aliphatic heterocycles. The molecule has 116 valence electrons. The van der Waals surface area contributed by atoms with Crippen LogP contribution in [0.15, 0.2) is 0 Å². The van der Waals surface area contributed by atoms with Crippen LogP contribution in [0.1, 0.15) is 0 Å². The van der Waals surface area contributed by atoms with Gasteiger partial charge in [0.2, 0.25) is 0 Å². The molecule has 1 rings (SSSR count). The minimum Gasteiger partial charge on any atom is -0.394 e. The van der Waals surface area contributed by atoms with E-state index in [0.29, 0.717) is 24.8 Å². The lowest BCUT2D eigenvalue weighted by molar-refractivity contribution is -0.275. The second kappa shape index (κ2) is 9.55. The molecule has 6 nitrogen and oxygen atoms in total. The maximum absolute atomic E-state index is 10.1. The van der Waals surface area contributed by atoms with Crippen molar-refractivity contribution in [1.82, 2.24) is 4.90 Å². The Labute approximate surface area is 128 Å². The summed E-state index contributed by atoms with van der Waals surface area (Å²) in [5.41, 5.74) is 0. The Morgan fingerprint density at radius 1 is 1.00 bits per heavy atom. The van der Waals surface area contributed by atoms with Crippen LogP contribution < -0.4 is 0 Å². The van der Waals surface area contributed by atoms with Crippen LogP contribution in [0.5, 0.6) is 0 Å². The molecule has 0 saturated carbocycles. The summed E-state index contributed by atoms with van der Waals surface area (Å²) in [6, 6.07) is -0.775. The summed E-state index contributed by atoms with van der Waals surface area (Å²) in [5, 5.41) is 38.6. The number of halogens is 3. The Kier molecular flexibility index (Phi) is 9.86. The predicted molar refractivity (Wildman–Crippen MR) is 74.0 cm³/mol. The van der Waals surface area contributed by atoms with Gasteiger partial charge in [-0.05, 0) is 0 Å². The Bertz CT molecular complexity index is 245. The summed E-state index contributed by atoms with van der Waals surface area (Å²) in [6.07, 6.45) is -4.81. The quantitative estimate of drug-likeness (QED) is 0.463. The summed E-state index contributed by atoms with van der Waals surface area (Å²) < 4.78 is 4.91. The highest BCUT2D eigenvalue weighted by Crippen LogP contribution is 2.24. The fourth-order valence-corrected chi connectivity index (χ4v) is 2.58. The third-order valence-corrected chi connectivity index (χ3v) is 3.37. The van der Waals surface area contributed by atoms with Gasteiger partial charge in [-0.3, -0.25) is 4.90 Å². The molecule has 0 aromatic rings. The molecule has 5 atom stereocenters. The molecular weight excluding hydrogens is 320 g/mol. The smallest absolute Gasteiger partial charge is 0.183 e. The van der Waals surface area contributed by atoms with Crippen LogP contribution in [0.25, 0.3) is 0 Å². The van der Waals surface area contributed by atoms with Crippen molar-refractivity contribution in [2.75, 3.05) is 31.5 Å². The SMILES string of the molecule is Cl.OCC1OC(O)C(O)C(N(CCCl)CCCl)C1O. The van der Waals surface area contributed by atoms with Gasteiger partial charge in [0, 0.05) is 24.8 Å². The Morgan fingerprint density at radius 2 is 1.53 bits per heavy atom. The van der Waals surface area contributed by atoms with Crippen LogP contribution >= 0.6 is 35.6 Å². The zero-order valence-corrected chi connectivity index (χ0v) is 12.6. The Hall–Kier alpha value is 0.630. The van der Waals surface area contributed by atoms with Crippen molar-refractivity contribution in [2.45, 2.75) is 30.6 Å². The number of nitrogens with zero attached hydrogens (tertiary/aromatic N) is 1. The summed E-state index contributed by atoms with van der Waals surface area (Å²) >= 11 is 11.3. The van der Waals surface area contributed by atoms with Crippen molar-refractivity contribution < 1.29 is 25.2 Å². The molecule has 19 heavy (non-hydrogen) atoms. The predicted octanol–water partition coefficient (Wildman–Crippen LogP) is -1.01. The van der Waals surface area contributed by atoms with E-state index >= 15 is 0 Å². The summed E-state index contributed by atoms with van der Waals surface area (Å²) in [7, 11) is 0. The number of hydrogen-bond donors (Lipinski definition) is 4. The molecule has 0 aromatic heterocycles. The van der Waals surface area contributed by atoms with Gasteiger partial charge in [0.15, 0.2) is 6.29 Å². The van der Waals surface area contributed by atoms with Gasteiger partial charge < -0.3 is 25.2 Å². The number of ether oxygens (including phenoxy) is 1. The lowest BCUT2D eigenvalue weighted by atomic mass is 9.94. The first-order valence-corrected chi connectivity index (χ1v) is 6.80. The van der Waals surface area contributed by atoms with Crippen LogP contribution in [0, 0.1) is 0 Å². The number of hydrogen-bond acceptors (Lipinski definition) is 6. The van der Waals surface area contributed by atoms with E-state index < -0.39 is 37.3 Å². The molecule has 5 unspecified atom stereocenters. The molecule has 0 aliphatic carbocycles. The van der Waals surface area contributed by atoms with Crippen LogP contribution in [-0.2, 0) is 4.74 Å². The number of aliphatic hydroxyl groups excluding tert-OH is 4. The van der Waals surface area contributed by atoms with Crippen LogP contribution in [0.3, 0.4) is 0 Å². The Balaban J connectivity index is 0.00000324. The van der Waals surface area contributed by atoms with Crippen molar-refractivity contribution in [3.63, 3.8) is 0 Å². The monoisotopic (exact) mass is 339 g/mol. The maximum Gasteiger partial charge on any atom is 0.183 e. The van der Waals surface area contributed by atoms with Gasteiger partial charge in [0.1, 0.15) is 18.3 Å². The van der Waals surface area contributed by atoms with Gasteiger partial charge in [-0.25, -0.2) is 0 Å². The topological polar surface area (TPSA) is 93.4 Å². The third-order valence-electron chi connectivity index (χ3n) is 3.03. The molecule has 1 heterocycles. The van der Waals surface area contributed by atoms with Gasteiger partial charge in [0.05, 0.1) is 12.6 Å².